The van der Waals surface area contributed by atoms with E-state index in [9.17, 15) is 18.3 Å². The first-order valence-electron chi connectivity index (χ1n) is 6.30. The van der Waals surface area contributed by atoms with Crippen molar-refractivity contribution in [2.24, 2.45) is 0 Å². The highest BCUT2D eigenvalue weighted by Gasteiger charge is 2.30. The first kappa shape index (κ1) is 15.2. The Kier molecular flexibility index (Phi) is 4.33. The van der Waals surface area contributed by atoms with Crippen molar-refractivity contribution in [3.63, 3.8) is 0 Å². The second kappa shape index (κ2) is 5.69. The largest absolute Gasteiger partial charge is 0.478 e. The van der Waals surface area contributed by atoms with Crippen LogP contribution >= 0.6 is 11.8 Å². The van der Waals surface area contributed by atoms with E-state index in [1.807, 2.05) is 6.92 Å². The SMILES string of the molecule is CCc1nc(C)c(C(=O)O)c(SC2CCS(=O)(=O)C2)n1. The Morgan fingerprint density at radius 2 is 2.15 bits per heavy atom. The van der Waals surface area contributed by atoms with Crippen LogP contribution in [0.2, 0.25) is 0 Å². The highest BCUT2D eigenvalue weighted by atomic mass is 32.2. The third kappa shape index (κ3) is 3.29. The maximum absolute atomic E-state index is 11.5. The maximum Gasteiger partial charge on any atom is 0.340 e. The van der Waals surface area contributed by atoms with Gasteiger partial charge in [0.05, 0.1) is 17.2 Å². The monoisotopic (exact) mass is 316 g/mol. The number of thioether (sulfide) groups is 1. The summed E-state index contributed by atoms with van der Waals surface area (Å²) in [7, 11) is -2.99. The summed E-state index contributed by atoms with van der Waals surface area (Å²) in [6.45, 7) is 3.53. The van der Waals surface area contributed by atoms with Gasteiger partial charge >= 0.3 is 5.97 Å². The normalized spacial score (nSPS) is 21.0. The number of sulfone groups is 1. The van der Waals surface area contributed by atoms with Crippen molar-refractivity contribution in [3.8, 4) is 0 Å². The molecule has 0 amide bonds. The van der Waals surface area contributed by atoms with E-state index in [4.69, 9.17) is 0 Å². The number of rotatable bonds is 4. The molecule has 1 N–H and O–H groups in total. The average molecular weight is 316 g/mol. The minimum atomic E-state index is -2.99. The Morgan fingerprint density at radius 1 is 1.45 bits per heavy atom. The fourth-order valence-electron chi connectivity index (χ4n) is 2.10. The predicted molar refractivity (Wildman–Crippen MR) is 76.0 cm³/mol. The summed E-state index contributed by atoms with van der Waals surface area (Å²) in [4.78, 5) is 19.7. The van der Waals surface area contributed by atoms with E-state index in [2.05, 4.69) is 9.97 Å². The number of nitrogens with zero attached hydrogens (tertiary/aromatic N) is 2. The van der Waals surface area contributed by atoms with Gasteiger partial charge < -0.3 is 5.11 Å². The molecule has 1 aromatic heterocycles. The van der Waals surface area contributed by atoms with Crippen molar-refractivity contribution < 1.29 is 18.3 Å². The fourth-order valence-corrected chi connectivity index (χ4v) is 5.75. The molecule has 1 aromatic rings. The van der Waals surface area contributed by atoms with Crippen LogP contribution in [-0.2, 0) is 16.3 Å². The van der Waals surface area contributed by atoms with E-state index in [-0.39, 0.29) is 22.3 Å². The van der Waals surface area contributed by atoms with Crippen LogP contribution in [0, 0.1) is 6.92 Å². The first-order chi connectivity index (χ1) is 9.32. The molecule has 1 saturated heterocycles. The number of carbonyl (C=O) groups is 1. The molecule has 0 spiro atoms. The molecule has 20 heavy (non-hydrogen) atoms. The van der Waals surface area contributed by atoms with Crippen LogP contribution in [0.1, 0.15) is 35.2 Å². The molecule has 0 aliphatic carbocycles. The molecule has 0 bridgehead atoms. The Bertz CT molecular complexity index is 643. The van der Waals surface area contributed by atoms with Crippen LogP contribution in [-0.4, -0.2) is 46.2 Å². The summed E-state index contributed by atoms with van der Waals surface area (Å²) in [5.41, 5.74) is 0.504. The Hall–Kier alpha value is -1.15. The van der Waals surface area contributed by atoms with Crippen molar-refractivity contribution in [1.29, 1.82) is 0 Å². The van der Waals surface area contributed by atoms with Gasteiger partial charge in [0.2, 0.25) is 0 Å². The van der Waals surface area contributed by atoms with Gasteiger partial charge in [-0.1, -0.05) is 6.92 Å². The van der Waals surface area contributed by atoms with Crippen LogP contribution in [0.5, 0.6) is 0 Å². The van der Waals surface area contributed by atoms with Gasteiger partial charge in [-0.25, -0.2) is 23.2 Å². The Labute approximate surface area is 121 Å². The first-order valence-corrected chi connectivity index (χ1v) is 9.00. The van der Waals surface area contributed by atoms with Gasteiger partial charge in [0.1, 0.15) is 16.4 Å². The lowest BCUT2D eigenvalue weighted by Gasteiger charge is -2.12. The van der Waals surface area contributed by atoms with Crippen molar-refractivity contribution >= 4 is 27.6 Å². The average Bonchev–Trinajstić information content (AvgIpc) is 2.67. The van der Waals surface area contributed by atoms with Gasteiger partial charge in [0.15, 0.2) is 9.84 Å². The molecule has 1 unspecified atom stereocenters. The molecule has 8 heteroatoms. The molecule has 110 valence electrons. The topological polar surface area (TPSA) is 97.2 Å². The maximum atomic E-state index is 11.5. The van der Waals surface area contributed by atoms with Crippen LogP contribution in [0.25, 0.3) is 0 Å². The lowest BCUT2D eigenvalue weighted by Crippen LogP contribution is -2.12. The standard InChI is InChI=1S/C12H16N2O4S2/c1-3-9-13-7(2)10(12(15)16)11(14-9)19-8-4-5-20(17,18)6-8/h8H,3-6H2,1-2H3,(H,15,16). The number of hydrogen-bond donors (Lipinski definition) is 1. The van der Waals surface area contributed by atoms with Crippen molar-refractivity contribution in [2.45, 2.75) is 37.0 Å². The molecule has 1 fully saturated rings. The number of hydrogen-bond acceptors (Lipinski definition) is 6. The van der Waals surface area contributed by atoms with Crippen LogP contribution in [0.4, 0.5) is 0 Å². The second-order valence-electron chi connectivity index (χ2n) is 4.71. The third-order valence-corrected chi connectivity index (χ3v) is 6.34. The minimum Gasteiger partial charge on any atom is -0.478 e. The summed E-state index contributed by atoms with van der Waals surface area (Å²) >= 11 is 1.24. The van der Waals surface area contributed by atoms with Gasteiger partial charge in [0.25, 0.3) is 0 Å². The van der Waals surface area contributed by atoms with Crippen LogP contribution in [0.3, 0.4) is 0 Å². The van der Waals surface area contributed by atoms with Crippen LogP contribution in [0.15, 0.2) is 5.03 Å². The summed E-state index contributed by atoms with van der Waals surface area (Å²) < 4.78 is 23.0. The third-order valence-electron chi connectivity index (χ3n) is 3.10. The molecule has 0 aromatic carbocycles. The summed E-state index contributed by atoms with van der Waals surface area (Å²) in [5.74, 6) is -0.247. The number of aromatic carboxylic acids is 1. The van der Waals surface area contributed by atoms with E-state index >= 15 is 0 Å². The van der Waals surface area contributed by atoms with E-state index in [0.717, 1.165) is 0 Å². The zero-order valence-corrected chi connectivity index (χ0v) is 12.9. The molecular formula is C12H16N2O4S2. The van der Waals surface area contributed by atoms with Crippen molar-refractivity contribution in [1.82, 2.24) is 9.97 Å². The van der Waals surface area contributed by atoms with Crippen molar-refractivity contribution in [2.75, 3.05) is 11.5 Å². The number of carboxylic acids is 1. The van der Waals surface area contributed by atoms with Gasteiger partial charge in [-0.15, -0.1) is 11.8 Å². The molecule has 0 saturated carbocycles. The molecule has 1 atom stereocenters. The molecule has 6 nitrogen and oxygen atoms in total. The Balaban J connectivity index is 2.34. The van der Waals surface area contributed by atoms with E-state index < -0.39 is 15.8 Å². The predicted octanol–water partition coefficient (Wildman–Crippen LogP) is 1.32. The molecule has 0 radical (unpaired) electrons. The number of carboxylic acid groups (broad SMARTS) is 1. The van der Waals surface area contributed by atoms with Crippen LogP contribution < -0.4 is 0 Å². The highest BCUT2D eigenvalue weighted by molar-refractivity contribution is 8.01. The smallest absolute Gasteiger partial charge is 0.340 e. The molecule has 1 aliphatic heterocycles. The fraction of sp³-hybridized carbons (Fsp3) is 0.583. The summed E-state index contributed by atoms with van der Waals surface area (Å²) in [6, 6.07) is 0. The van der Waals surface area contributed by atoms with Gasteiger partial charge in [-0.3, -0.25) is 0 Å². The lowest BCUT2D eigenvalue weighted by molar-refractivity contribution is 0.0690. The van der Waals surface area contributed by atoms with Gasteiger partial charge in [-0.2, -0.15) is 0 Å². The van der Waals surface area contributed by atoms with E-state index in [1.165, 1.54) is 11.8 Å². The van der Waals surface area contributed by atoms with E-state index in [0.29, 0.717) is 29.4 Å². The van der Waals surface area contributed by atoms with Gasteiger partial charge in [-0.05, 0) is 13.3 Å². The molecule has 1 aliphatic rings. The number of aryl methyl sites for hydroxylation is 2. The quantitative estimate of drug-likeness (QED) is 0.837. The summed E-state index contributed by atoms with van der Waals surface area (Å²) in [6.07, 6.45) is 1.15. The zero-order valence-electron chi connectivity index (χ0n) is 11.3. The van der Waals surface area contributed by atoms with Crippen molar-refractivity contribution in [3.05, 3.63) is 17.1 Å². The summed E-state index contributed by atoms with van der Waals surface area (Å²) in [5, 5.41) is 9.53. The Morgan fingerprint density at radius 3 is 2.65 bits per heavy atom. The van der Waals surface area contributed by atoms with E-state index in [1.54, 1.807) is 6.92 Å². The molecule has 2 rings (SSSR count). The lowest BCUT2D eigenvalue weighted by atomic mass is 10.2. The molecular weight excluding hydrogens is 300 g/mol. The molecule has 2 heterocycles. The number of aromatic nitrogens is 2. The van der Waals surface area contributed by atoms with Gasteiger partial charge in [0, 0.05) is 11.7 Å². The zero-order chi connectivity index (χ0) is 14.9. The highest BCUT2D eigenvalue weighted by Crippen LogP contribution is 2.32. The second-order valence-corrected chi connectivity index (χ2v) is 8.22. The minimum absolute atomic E-state index is 0.0801.